The zero-order valence-corrected chi connectivity index (χ0v) is 15.7. The summed E-state index contributed by atoms with van der Waals surface area (Å²) in [5, 5.41) is 2.91. The number of nitrogens with zero attached hydrogens (tertiary/aromatic N) is 1. The highest BCUT2D eigenvalue weighted by Gasteiger charge is 2.53. The van der Waals surface area contributed by atoms with Crippen molar-refractivity contribution in [3.05, 3.63) is 71.5 Å². The molecule has 5 heteroatoms. The van der Waals surface area contributed by atoms with Gasteiger partial charge in [-0.1, -0.05) is 48.5 Å². The highest BCUT2D eigenvalue weighted by molar-refractivity contribution is 5.95. The number of nitrogens with one attached hydrogen (secondary N) is 1. The van der Waals surface area contributed by atoms with Gasteiger partial charge in [-0.3, -0.25) is 9.59 Å². The molecule has 0 radical (unpaired) electrons. The van der Waals surface area contributed by atoms with Crippen molar-refractivity contribution in [1.29, 1.82) is 0 Å². The van der Waals surface area contributed by atoms with Gasteiger partial charge in [-0.05, 0) is 38.3 Å². The molecule has 1 aliphatic rings. The van der Waals surface area contributed by atoms with Crippen LogP contribution in [0.3, 0.4) is 0 Å². The van der Waals surface area contributed by atoms with Crippen LogP contribution in [0.1, 0.15) is 43.9 Å². The second-order valence-corrected chi connectivity index (χ2v) is 6.89. The summed E-state index contributed by atoms with van der Waals surface area (Å²) in [5.41, 5.74) is 0.263. The van der Waals surface area contributed by atoms with Crippen LogP contribution in [-0.2, 0) is 15.0 Å². The summed E-state index contributed by atoms with van der Waals surface area (Å²) in [6.45, 7) is 4.94. The van der Waals surface area contributed by atoms with Crippen LogP contribution in [0.5, 0.6) is 0 Å². The van der Waals surface area contributed by atoms with Crippen molar-refractivity contribution >= 4 is 11.8 Å². The van der Waals surface area contributed by atoms with E-state index in [0.717, 1.165) is 5.56 Å². The van der Waals surface area contributed by atoms with Crippen molar-refractivity contribution in [3.63, 3.8) is 0 Å². The molecular formula is C22H25FN2O2. The van der Waals surface area contributed by atoms with Crippen molar-refractivity contribution in [2.24, 2.45) is 0 Å². The molecule has 2 amide bonds. The Bertz CT molecular complexity index is 814. The topological polar surface area (TPSA) is 49.4 Å². The van der Waals surface area contributed by atoms with E-state index in [9.17, 15) is 14.0 Å². The molecule has 2 aromatic rings. The van der Waals surface area contributed by atoms with E-state index in [-0.39, 0.29) is 17.6 Å². The van der Waals surface area contributed by atoms with Gasteiger partial charge in [-0.2, -0.15) is 0 Å². The van der Waals surface area contributed by atoms with E-state index in [1.807, 2.05) is 44.2 Å². The normalized spacial score (nSPS) is 15.7. The zero-order chi connectivity index (χ0) is 19.4. The number of hydrogen-bond donors (Lipinski definition) is 1. The number of carbonyl (C=O) groups is 2. The Hall–Kier alpha value is -2.69. The molecule has 0 aromatic heterocycles. The van der Waals surface area contributed by atoms with Crippen LogP contribution in [0.2, 0.25) is 0 Å². The van der Waals surface area contributed by atoms with E-state index in [0.29, 0.717) is 31.5 Å². The summed E-state index contributed by atoms with van der Waals surface area (Å²) in [7, 11) is 0. The van der Waals surface area contributed by atoms with Crippen LogP contribution in [0.4, 0.5) is 4.39 Å². The highest BCUT2D eigenvalue weighted by Crippen LogP contribution is 2.49. The van der Waals surface area contributed by atoms with Gasteiger partial charge in [0.05, 0.1) is 5.41 Å². The van der Waals surface area contributed by atoms with Crippen molar-refractivity contribution < 1.29 is 14.0 Å². The summed E-state index contributed by atoms with van der Waals surface area (Å²) >= 11 is 0. The van der Waals surface area contributed by atoms with Crippen LogP contribution < -0.4 is 5.32 Å². The molecule has 4 nitrogen and oxygen atoms in total. The first kappa shape index (κ1) is 19.1. The van der Waals surface area contributed by atoms with Crippen molar-refractivity contribution in [2.75, 3.05) is 13.1 Å². The van der Waals surface area contributed by atoms with E-state index in [1.165, 1.54) is 6.07 Å². The van der Waals surface area contributed by atoms with Gasteiger partial charge in [0.25, 0.3) is 0 Å². The number of halogens is 1. The van der Waals surface area contributed by atoms with Gasteiger partial charge in [-0.15, -0.1) is 0 Å². The maximum absolute atomic E-state index is 14.3. The molecule has 142 valence electrons. The lowest BCUT2D eigenvalue weighted by Gasteiger charge is -2.28. The van der Waals surface area contributed by atoms with Crippen molar-refractivity contribution in [3.8, 4) is 0 Å². The fourth-order valence-electron chi connectivity index (χ4n) is 3.51. The molecule has 1 fully saturated rings. The number of hydrogen-bond acceptors (Lipinski definition) is 2. The average Bonchev–Trinajstić information content (AvgIpc) is 3.49. The minimum atomic E-state index is -0.873. The van der Waals surface area contributed by atoms with Crippen LogP contribution in [0.25, 0.3) is 0 Å². The fourth-order valence-corrected chi connectivity index (χ4v) is 3.51. The number of benzene rings is 2. The molecule has 1 atom stereocenters. The lowest BCUT2D eigenvalue weighted by atomic mass is 9.93. The average molecular weight is 368 g/mol. The number of rotatable bonds is 7. The Balaban J connectivity index is 1.89. The Kier molecular flexibility index (Phi) is 5.59. The maximum atomic E-state index is 14.3. The number of amides is 2. The fraction of sp³-hybridized carbons (Fsp3) is 0.364. The number of likely N-dealkylation sites (N-methyl/N-ethyl adjacent to an activating group) is 1. The monoisotopic (exact) mass is 368 g/mol. The molecule has 3 rings (SSSR count). The van der Waals surface area contributed by atoms with Crippen molar-refractivity contribution in [2.45, 2.75) is 38.1 Å². The standard InChI is InChI=1S/C22H25FN2O2/c1-3-25(4-2)20(26)19(16-10-6-5-7-11-16)24-21(27)22(14-15-22)17-12-8-9-13-18(17)23/h5-13,19H,3-4,14-15H2,1-2H3,(H,24,27). The third-order valence-corrected chi connectivity index (χ3v) is 5.30. The van der Waals surface area contributed by atoms with E-state index >= 15 is 0 Å². The van der Waals surface area contributed by atoms with E-state index in [2.05, 4.69) is 5.32 Å². The minimum Gasteiger partial charge on any atom is -0.341 e. The molecule has 0 saturated heterocycles. The Morgan fingerprint density at radius 2 is 1.63 bits per heavy atom. The van der Waals surface area contributed by atoms with Crippen LogP contribution in [0.15, 0.2) is 54.6 Å². The van der Waals surface area contributed by atoms with Gasteiger partial charge in [0.15, 0.2) is 0 Å². The summed E-state index contributed by atoms with van der Waals surface area (Å²) in [6, 6.07) is 14.8. The van der Waals surface area contributed by atoms with Gasteiger partial charge >= 0.3 is 0 Å². The molecule has 1 aliphatic carbocycles. The summed E-state index contributed by atoms with van der Waals surface area (Å²) in [6.07, 6.45) is 1.17. The van der Waals surface area contributed by atoms with Crippen molar-refractivity contribution in [1.82, 2.24) is 10.2 Å². The minimum absolute atomic E-state index is 0.149. The van der Waals surface area contributed by atoms with Crippen LogP contribution in [0, 0.1) is 5.82 Å². The largest absolute Gasteiger partial charge is 0.341 e. The van der Waals surface area contributed by atoms with Crippen LogP contribution >= 0.6 is 0 Å². The SMILES string of the molecule is CCN(CC)C(=O)C(NC(=O)C1(c2ccccc2F)CC1)c1ccccc1. The lowest BCUT2D eigenvalue weighted by molar-refractivity contribution is -0.137. The first-order valence-corrected chi connectivity index (χ1v) is 9.43. The zero-order valence-electron chi connectivity index (χ0n) is 15.7. The summed E-state index contributed by atoms with van der Waals surface area (Å²) < 4.78 is 14.3. The van der Waals surface area contributed by atoms with Gasteiger partial charge in [0.1, 0.15) is 11.9 Å². The van der Waals surface area contributed by atoms with E-state index in [4.69, 9.17) is 0 Å². The van der Waals surface area contributed by atoms with Gasteiger partial charge in [-0.25, -0.2) is 4.39 Å². The van der Waals surface area contributed by atoms with E-state index < -0.39 is 11.5 Å². The molecule has 0 spiro atoms. The van der Waals surface area contributed by atoms with Crippen LogP contribution in [-0.4, -0.2) is 29.8 Å². The third kappa shape index (κ3) is 3.72. The molecule has 1 unspecified atom stereocenters. The second-order valence-electron chi connectivity index (χ2n) is 6.89. The third-order valence-electron chi connectivity index (χ3n) is 5.30. The predicted octanol–water partition coefficient (Wildman–Crippen LogP) is 3.58. The van der Waals surface area contributed by atoms with E-state index in [1.54, 1.807) is 23.1 Å². The smallest absolute Gasteiger partial charge is 0.249 e. The number of carbonyl (C=O) groups excluding carboxylic acids is 2. The summed E-state index contributed by atoms with van der Waals surface area (Å²) in [4.78, 5) is 27.8. The molecule has 0 heterocycles. The maximum Gasteiger partial charge on any atom is 0.249 e. The second kappa shape index (κ2) is 7.91. The highest BCUT2D eigenvalue weighted by atomic mass is 19.1. The predicted molar refractivity (Wildman–Crippen MR) is 103 cm³/mol. The Labute approximate surface area is 159 Å². The van der Waals surface area contributed by atoms with Gasteiger partial charge in [0, 0.05) is 18.7 Å². The van der Waals surface area contributed by atoms with Gasteiger partial charge in [0.2, 0.25) is 11.8 Å². The molecule has 0 bridgehead atoms. The molecular weight excluding hydrogens is 343 g/mol. The Morgan fingerprint density at radius 3 is 2.19 bits per heavy atom. The lowest BCUT2D eigenvalue weighted by Crippen LogP contribution is -2.46. The molecule has 27 heavy (non-hydrogen) atoms. The Morgan fingerprint density at radius 1 is 1.04 bits per heavy atom. The molecule has 1 saturated carbocycles. The van der Waals surface area contributed by atoms with Gasteiger partial charge < -0.3 is 10.2 Å². The first-order valence-electron chi connectivity index (χ1n) is 9.43. The molecule has 1 N–H and O–H groups in total. The molecule has 0 aliphatic heterocycles. The molecule has 2 aromatic carbocycles. The summed E-state index contributed by atoms with van der Waals surface area (Å²) in [5.74, 6) is -0.817. The first-order chi connectivity index (χ1) is 13.0. The quantitative estimate of drug-likeness (QED) is 0.812.